The second kappa shape index (κ2) is 10.3. The molecule has 168 valence electrons. The zero-order valence-electron chi connectivity index (χ0n) is 17.3. The molecule has 5 nitrogen and oxygen atoms in total. The summed E-state index contributed by atoms with van der Waals surface area (Å²) in [6, 6.07) is 22.4. The summed E-state index contributed by atoms with van der Waals surface area (Å²) in [5, 5.41) is 13.7. The third-order valence-electron chi connectivity index (χ3n) is 4.70. The molecule has 0 saturated heterocycles. The van der Waals surface area contributed by atoms with Crippen molar-refractivity contribution in [2.45, 2.75) is 0 Å². The largest absolute Gasteiger partial charge is 0.321 e. The highest BCUT2D eigenvalue weighted by atomic mass is 35.5. The summed E-state index contributed by atoms with van der Waals surface area (Å²) < 4.78 is 1.84. The molecule has 0 unspecified atom stereocenters. The van der Waals surface area contributed by atoms with Crippen molar-refractivity contribution in [3.63, 3.8) is 0 Å². The molecule has 0 aliphatic rings. The molecule has 0 aliphatic heterocycles. The van der Waals surface area contributed by atoms with E-state index in [1.807, 2.05) is 12.1 Å². The highest BCUT2D eigenvalue weighted by molar-refractivity contribution is 7.07. The van der Waals surface area contributed by atoms with Crippen molar-refractivity contribution in [1.29, 1.82) is 5.26 Å². The van der Waals surface area contributed by atoms with E-state index in [9.17, 15) is 14.9 Å². The zero-order valence-corrected chi connectivity index (χ0v) is 20.3. The minimum atomic E-state index is -0.698. The highest BCUT2D eigenvalue weighted by Crippen LogP contribution is 2.23. The predicted octanol–water partition coefficient (Wildman–Crippen LogP) is 5.00. The number of thiazole rings is 1. The van der Waals surface area contributed by atoms with Crippen molar-refractivity contribution in [3.8, 4) is 11.8 Å². The third kappa shape index (κ3) is 5.09. The average molecular weight is 527 g/mol. The van der Waals surface area contributed by atoms with Crippen LogP contribution >= 0.6 is 46.1 Å². The summed E-state index contributed by atoms with van der Waals surface area (Å²) in [4.78, 5) is 26.5. The van der Waals surface area contributed by atoms with E-state index in [0.717, 1.165) is 11.3 Å². The molecule has 0 bridgehead atoms. The maximum absolute atomic E-state index is 13.4. The number of halogens is 3. The molecule has 9 heteroatoms. The summed E-state index contributed by atoms with van der Waals surface area (Å²) in [6.07, 6.45) is 1.64. The average Bonchev–Trinajstić information content (AvgIpc) is 3.11. The quantitative estimate of drug-likeness (QED) is 0.407. The fraction of sp³-hybridized carbons (Fsp3) is 0. The van der Waals surface area contributed by atoms with Gasteiger partial charge in [0.2, 0.25) is 0 Å². The van der Waals surface area contributed by atoms with Crippen LogP contribution in [-0.4, -0.2) is 10.5 Å². The van der Waals surface area contributed by atoms with Gasteiger partial charge in [0.15, 0.2) is 5.57 Å². The first-order valence-electron chi connectivity index (χ1n) is 9.83. The number of rotatable bonds is 4. The molecule has 0 fully saturated rings. The third-order valence-corrected chi connectivity index (χ3v) is 6.58. The molecule has 3 aromatic carbocycles. The maximum atomic E-state index is 13.4. The lowest BCUT2D eigenvalue weighted by Crippen LogP contribution is -2.32. The van der Waals surface area contributed by atoms with Crippen molar-refractivity contribution in [2.75, 3.05) is 5.32 Å². The second-order valence-corrected chi connectivity index (χ2v) is 9.32. The first-order chi connectivity index (χ1) is 16.4. The molecular formula is C25H14Cl3N3O2S. The Balaban J connectivity index is 1.96. The van der Waals surface area contributed by atoms with Gasteiger partial charge in [-0.05, 0) is 48.0 Å². The lowest BCUT2D eigenvalue weighted by Gasteiger charge is -2.06. The van der Waals surface area contributed by atoms with Gasteiger partial charge in [0.25, 0.3) is 11.5 Å². The van der Waals surface area contributed by atoms with Gasteiger partial charge in [0, 0.05) is 20.8 Å². The van der Waals surface area contributed by atoms with Gasteiger partial charge in [-0.15, -0.1) is 11.3 Å². The zero-order chi connectivity index (χ0) is 24.2. The van der Waals surface area contributed by atoms with Crippen molar-refractivity contribution < 1.29 is 4.79 Å². The first kappa shape index (κ1) is 23.8. The fourth-order valence-corrected chi connectivity index (χ4v) is 5.02. The Kier molecular flexibility index (Phi) is 7.20. The maximum Gasteiger partial charge on any atom is 0.273 e. The van der Waals surface area contributed by atoms with E-state index in [1.165, 1.54) is 22.8 Å². The number of anilines is 1. The number of carbonyl (C=O) groups excluding carboxylic acids is 1. The van der Waals surface area contributed by atoms with Crippen LogP contribution in [0.5, 0.6) is 0 Å². The van der Waals surface area contributed by atoms with Gasteiger partial charge in [-0.1, -0.05) is 71.2 Å². The summed E-state index contributed by atoms with van der Waals surface area (Å²) >= 11 is 19.3. The van der Waals surface area contributed by atoms with Crippen molar-refractivity contribution in [2.24, 2.45) is 0 Å². The number of benzene rings is 3. The number of nitriles is 1. The van der Waals surface area contributed by atoms with Gasteiger partial charge in [0.05, 0.1) is 10.2 Å². The smallest absolute Gasteiger partial charge is 0.273 e. The van der Waals surface area contributed by atoms with Crippen LogP contribution in [0.4, 0.5) is 5.69 Å². The van der Waals surface area contributed by atoms with Crippen LogP contribution in [0.3, 0.4) is 0 Å². The predicted molar refractivity (Wildman–Crippen MR) is 138 cm³/mol. The van der Waals surface area contributed by atoms with E-state index < -0.39 is 5.91 Å². The van der Waals surface area contributed by atoms with E-state index in [4.69, 9.17) is 34.8 Å². The Morgan fingerprint density at radius 2 is 1.62 bits per heavy atom. The lowest BCUT2D eigenvalue weighted by molar-refractivity contribution is -0.111. The summed E-state index contributed by atoms with van der Waals surface area (Å²) in [6.45, 7) is 0. The van der Waals surface area contributed by atoms with E-state index in [0.29, 0.717) is 36.5 Å². The molecule has 0 atom stereocenters. The molecule has 4 rings (SSSR count). The molecule has 1 heterocycles. The number of amides is 1. The molecule has 1 aromatic heterocycles. The SMILES string of the molecule is N#C/C(C(=O)Nc1cc(Cl)cc(Cl)c1)=c1/s/c(=C/c2ccccc2Cl)c(=O)n1-c1ccccc1. The summed E-state index contributed by atoms with van der Waals surface area (Å²) in [7, 11) is 0. The van der Waals surface area contributed by atoms with Crippen molar-refractivity contribution in [1.82, 2.24) is 4.57 Å². The Morgan fingerprint density at radius 1 is 0.971 bits per heavy atom. The Morgan fingerprint density at radius 3 is 2.26 bits per heavy atom. The molecule has 0 radical (unpaired) electrons. The minimum Gasteiger partial charge on any atom is -0.321 e. The number of hydrogen-bond donors (Lipinski definition) is 1. The van der Waals surface area contributed by atoms with Gasteiger partial charge >= 0.3 is 0 Å². The van der Waals surface area contributed by atoms with Crippen LogP contribution in [-0.2, 0) is 4.79 Å². The minimum absolute atomic E-state index is 0.183. The van der Waals surface area contributed by atoms with Gasteiger partial charge in [0.1, 0.15) is 10.7 Å². The molecule has 4 aromatic rings. The number of nitrogens with zero attached hydrogens (tertiary/aromatic N) is 2. The molecule has 0 spiro atoms. The second-order valence-electron chi connectivity index (χ2n) is 7.01. The lowest BCUT2D eigenvalue weighted by atomic mass is 10.2. The topological polar surface area (TPSA) is 74.9 Å². The Hall–Kier alpha value is -3.34. The normalized spacial score (nSPS) is 12.2. The summed E-state index contributed by atoms with van der Waals surface area (Å²) in [5.74, 6) is -0.698. The van der Waals surface area contributed by atoms with Gasteiger partial charge in [-0.2, -0.15) is 5.26 Å². The van der Waals surface area contributed by atoms with E-state index in [2.05, 4.69) is 5.32 Å². The number of aromatic nitrogens is 1. The molecule has 0 saturated carbocycles. The van der Waals surface area contributed by atoms with Gasteiger partial charge in [-0.25, -0.2) is 0 Å². The van der Waals surface area contributed by atoms with Gasteiger partial charge in [-0.3, -0.25) is 14.2 Å². The van der Waals surface area contributed by atoms with Crippen LogP contribution in [0.2, 0.25) is 15.1 Å². The van der Waals surface area contributed by atoms with Crippen LogP contribution in [0.25, 0.3) is 17.3 Å². The Bertz CT molecular complexity index is 1600. The van der Waals surface area contributed by atoms with E-state index in [1.54, 1.807) is 54.6 Å². The van der Waals surface area contributed by atoms with E-state index >= 15 is 0 Å². The van der Waals surface area contributed by atoms with Crippen LogP contribution < -0.4 is 20.1 Å². The number of carbonyl (C=O) groups is 1. The summed E-state index contributed by atoms with van der Waals surface area (Å²) in [5.41, 5.74) is 0.872. The van der Waals surface area contributed by atoms with Crippen LogP contribution in [0.15, 0.2) is 77.6 Å². The van der Waals surface area contributed by atoms with Gasteiger partial charge < -0.3 is 5.32 Å². The van der Waals surface area contributed by atoms with Crippen LogP contribution in [0.1, 0.15) is 5.56 Å². The monoisotopic (exact) mass is 525 g/mol. The Labute approximate surface area is 213 Å². The first-order valence-corrected chi connectivity index (χ1v) is 11.8. The molecule has 34 heavy (non-hydrogen) atoms. The standard InChI is InChI=1S/C25H14Cl3N3O2S/c26-16-11-17(27)13-18(12-16)30-23(32)20(14-29)25-31(19-7-2-1-3-8-19)24(33)22(34-25)10-15-6-4-5-9-21(15)28/h1-13H,(H,30,32)/b22-10+,25-20-. The fourth-order valence-electron chi connectivity index (χ4n) is 3.21. The van der Waals surface area contributed by atoms with Crippen molar-refractivity contribution >= 4 is 69.4 Å². The van der Waals surface area contributed by atoms with E-state index in [-0.39, 0.29) is 15.8 Å². The van der Waals surface area contributed by atoms with Crippen molar-refractivity contribution in [3.05, 3.63) is 113 Å². The highest BCUT2D eigenvalue weighted by Gasteiger charge is 2.17. The molecule has 0 aliphatic carbocycles. The molecule has 1 amide bonds. The molecule has 1 N–H and O–H groups in total. The number of para-hydroxylation sites is 1. The molecular weight excluding hydrogens is 513 g/mol. The number of nitrogens with one attached hydrogen (secondary N) is 1. The van der Waals surface area contributed by atoms with Crippen LogP contribution in [0, 0.1) is 11.3 Å². The number of hydrogen-bond acceptors (Lipinski definition) is 4.